The van der Waals surface area contributed by atoms with Crippen LogP contribution < -0.4 is 0 Å². The van der Waals surface area contributed by atoms with Gasteiger partial charge >= 0.3 is 5.97 Å². The van der Waals surface area contributed by atoms with Crippen molar-refractivity contribution in [1.82, 2.24) is 4.57 Å². The Hall–Kier alpha value is -1.77. The van der Waals surface area contributed by atoms with E-state index in [2.05, 4.69) is 6.92 Å². The second-order valence-electron chi connectivity index (χ2n) is 4.09. The highest BCUT2D eigenvalue weighted by Crippen LogP contribution is 2.21. The van der Waals surface area contributed by atoms with Crippen molar-refractivity contribution in [1.29, 1.82) is 0 Å². The minimum atomic E-state index is -0.266. The lowest BCUT2D eigenvalue weighted by Crippen LogP contribution is -2.10. The maximum atomic E-state index is 11.7. The average molecular weight is 231 g/mol. The van der Waals surface area contributed by atoms with Crippen molar-refractivity contribution in [2.45, 2.75) is 26.3 Å². The number of hydrogen-bond donors (Lipinski definition) is 0. The number of ether oxygens (including phenoxy) is 1. The number of carbonyl (C=O) groups excluding carboxylic acids is 1. The van der Waals surface area contributed by atoms with E-state index < -0.39 is 0 Å². The summed E-state index contributed by atoms with van der Waals surface area (Å²) in [4.78, 5) is 11.7. The molecule has 2 rings (SSSR count). The second kappa shape index (κ2) is 5.04. The molecule has 3 heteroatoms. The topological polar surface area (TPSA) is 31.2 Å². The summed E-state index contributed by atoms with van der Waals surface area (Å²) in [6.45, 7) is 3.00. The molecule has 17 heavy (non-hydrogen) atoms. The molecule has 0 saturated heterocycles. The molecule has 3 nitrogen and oxygen atoms in total. The number of aryl methyl sites for hydroxylation is 1. The summed E-state index contributed by atoms with van der Waals surface area (Å²) >= 11 is 0. The molecule has 1 aromatic heterocycles. The molecule has 90 valence electrons. The van der Waals surface area contributed by atoms with E-state index in [4.69, 9.17) is 4.74 Å². The monoisotopic (exact) mass is 231 g/mol. The molecule has 0 aliphatic heterocycles. The van der Waals surface area contributed by atoms with Crippen molar-refractivity contribution in [2.24, 2.45) is 0 Å². The van der Waals surface area contributed by atoms with E-state index in [0.29, 0.717) is 5.69 Å². The SMILES string of the molecule is CCCCn1c(C(=O)OC)cc2ccccc21. The highest BCUT2D eigenvalue weighted by atomic mass is 16.5. The van der Waals surface area contributed by atoms with Crippen LogP contribution in [0.2, 0.25) is 0 Å². The van der Waals surface area contributed by atoms with Crippen LogP contribution in [-0.2, 0) is 11.3 Å². The number of para-hydroxylation sites is 1. The van der Waals surface area contributed by atoms with Crippen molar-refractivity contribution in [2.75, 3.05) is 7.11 Å². The number of esters is 1. The van der Waals surface area contributed by atoms with Gasteiger partial charge in [-0.25, -0.2) is 4.79 Å². The Morgan fingerprint density at radius 3 is 2.82 bits per heavy atom. The molecular weight excluding hydrogens is 214 g/mol. The van der Waals surface area contributed by atoms with Crippen LogP contribution >= 0.6 is 0 Å². The fourth-order valence-corrected chi connectivity index (χ4v) is 2.04. The summed E-state index contributed by atoms with van der Waals surface area (Å²) in [5.41, 5.74) is 1.74. The largest absolute Gasteiger partial charge is 0.464 e. The Morgan fingerprint density at radius 2 is 2.12 bits per heavy atom. The fourth-order valence-electron chi connectivity index (χ4n) is 2.04. The number of hydrogen-bond acceptors (Lipinski definition) is 2. The van der Waals surface area contributed by atoms with Crippen molar-refractivity contribution in [3.05, 3.63) is 36.0 Å². The molecule has 1 heterocycles. The van der Waals surface area contributed by atoms with Crippen LogP contribution in [-0.4, -0.2) is 17.6 Å². The number of carbonyl (C=O) groups is 1. The van der Waals surface area contributed by atoms with Gasteiger partial charge in [-0.15, -0.1) is 0 Å². The highest BCUT2D eigenvalue weighted by molar-refractivity contribution is 5.95. The van der Waals surface area contributed by atoms with Crippen LogP contribution in [0, 0.1) is 0 Å². The molecule has 0 radical (unpaired) electrons. The summed E-state index contributed by atoms with van der Waals surface area (Å²) in [6, 6.07) is 9.93. The van der Waals surface area contributed by atoms with Crippen LogP contribution in [0.25, 0.3) is 10.9 Å². The van der Waals surface area contributed by atoms with Crippen molar-refractivity contribution in [3.8, 4) is 0 Å². The number of benzene rings is 1. The minimum absolute atomic E-state index is 0.266. The molecule has 0 fully saturated rings. The first-order chi connectivity index (χ1) is 8.27. The molecule has 2 aromatic rings. The molecule has 0 saturated carbocycles. The van der Waals surface area contributed by atoms with E-state index in [9.17, 15) is 4.79 Å². The average Bonchev–Trinajstić information content (AvgIpc) is 2.74. The van der Waals surface area contributed by atoms with Crippen molar-refractivity contribution in [3.63, 3.8) is 0 Å². The standard InChI is InChI=1S/C14H17NO2/c1-3-4-9-15-12-8-6-5-7-11(12)10-13(15)14(16)17-2/h5-8,10H,3-4,9H2,1-2H3. The van der Waals surface area contributed by atoms with E-state index in [-0.39, 0.29) is 5.97 Å². The van der Waals surface area contributed by atoms with Gasteiger partial charge in [-0.2, -0.15) is 0 Å². The third kappa shape index (κ3) is 2.18. The Balaban J connectivity index is 2.52. The Kier molecular flexibility index (Phi) is 3.47. The molecule has 0 aliphatic carbocycles. The third-order valence-electron chi connectivity index (χ3n) is 2.94. The zero-order valence-corrected chi connectivity index (χ0v) is 10.3. The smallest absolute Gasteiger partial charge is 0.354 e. The molecule has 0 atom stereocenters. The summed E-state index contributed by atoms with van der Waals surface area (Å²) in [6.07, 6.45) is 2.16. The van der Waals surface area contributed by atoms with Gasteiger partial charge in [0.2, 0.25) is 0 Å². The van der Waals surface area contributed by atoms with Crippen LogP contribution in [0.15, 0.2) is 30.3 Å². The number of rotatable bonds is 4. The number of aromatic nitrogens is 1. The second-order valence-corrected chi connectivity index (χ2v) is 4.09. The first-order valence-electron chi connectivity index (χ1n) is 5.94. The van der Waals surface area contributed by atoms with Gasteiger partial charge in [0.25, 0.3) is 0 Å². The number of nitrogens with zero attached hydrogens (tertiary/aromatic N) is 1. The van der Waals surface area contributed by atoms with Crippen molar-refractivity contribution >= 4 is 16.9 Å². The van der Waals surface area contributed by atoms with Gasteiger partial charge in [0.15, 0.2) is 0 Å². The Labute approximate surface area is 101 Å². The Bertz CT molecular complexity index is 528. The quantitative estimate of drug-likeness (QED) is 0.756. The summed E-state index contributed by atoms with van der Waals surface area (Å²) in [5, 5.41) is 1.09. The Morgan fingerprint density at radius 1 is 1.35 bits per heavy atom. The third-order valence-corrected chi connectivity index (χ3v) is 2.94. The number of fused-ring (bicyclic) bond motifs is 1. The van der Waals surface area contributed by atoms with Gasteiger partial charge in [-0.3, -0.25) is 0 Å². The summed E-state index contributed by atoms with van der Waals surface area (Å²) in [5.74, 6) is -0.266. The molecule has 0 bridgehead atoms. The lowest BCUT2D eigenvalue weighted by atomic mass is 10.2. The van der Waals surface area contributed by atoms with Gasteiger partial charge < -0.3 is 9.30 Å². The van der Waals surface area contributed by atoms with E-state index >= 15 is 0 Å². The lowest BCUT2D eigenvalue weighted by molar-refractivity contribution is 0.0589. The zero-order chi connectivity index (χ0) is 12.3. The number of methoxy groups -OCH3 is 1. The molecule has 0 spiro atoms. The predicted molar refractivity (Wildman–Crippen MR) is 68.2 cm³/mol. The minimum Gasteiger partial charge on any atom is -0.464 e. The van der Waals surface area contributed by atoms with E-state index in [1.165, 1.54) is 7.11 Å². The van der Waals surface area contributed by atoms with Gasteiger partial charge in [0.1, 0.15) is 5.69 Å². The molecule has 0 aliphatic rings. The molecule has 0 N–H and O–H groups in total. The van der Waals surface area contributed by atoms with E-state index in [1.807, 2.05) is 34.9 Å². The first kappa shape index (κ1) is 11.7. The van der Waals surface area contributed by atoms with Crippen LogP contribution in [0.3, 0.4) is 0 Å². The maximum absolute atomic E-state index is 11.7. The van der Waals surface area contributed by atoms with Gasteiger partial charge in [0, 0.05) is 17.4 Å². The van der Waals surface area contributed by atoms with Gasteiger partial charge in [-0.05, 0) is 18.6 Å². The normalized spacial score (nSPS) is 10.7. The zero-order valence-electron chi connectivity index (χ0n) is 10.3. The lowest BCUT2D eigenvalue weighted by Gasteiger charge is -2.08. The summed E-state index contributed by atoms with van der Waals surface area (Å²) < 4.78 is 6.87. The van der Waals surface area contributed by atoms with E-state index in [1.54, 1.807) is 0 Å². The number of unbranched alkanes of at least 4 members (excludes halogenated alkanes) is 1. The summed E-state index contributed by atoms with van der Waals surface area (Å²) in [7, 11) is 1.42. The van der Waals surface area contributed by atoms with Crippen molar-refractivity contribution < 1.29 is 9.53 Å². The van der Waals surface area contributed by atoms with Crippen LogP contribution in [0.4, 0.5) is 0 Å². The van der Waals surface area contributed by atoms with Crippen LogP contribution in [0.1, 0.15) is 30.3 Å². The highest BCUT2D eigenvalue weighted by Gasteiger charge is 2.14. The van der Waals surface area contributed by atoms with Crippen LogP contribution in [0.5, 0.6) is 0 Å². The molecule has 0 amide bonds. The molecular formula is C14H17NO2. The van der Waals surface area contributed by atoms with Gasteiger partial charge in [-0.1, -0.05) is 31.5 Å². The fraction of sp³-hybridized carbons (Fsp3) is 0.357. The van der Waals surface area contributed by atoms with Gasteiger partial charge in [0.05, 0.1) is 7.11 Å². The van der Waals surface area contributed by atoms with E-state index in [0.717, 1.165) is 30.3 Å². The molecule has 0 unspecified atom stereocenters. The molecule has 1 aromatic carbocycles. The maximum Gasteiger partial charge on any atom is 0.354 e. The first-order valence-corrected chi connectivity index (χ1v) is 5.94. The predicted octanol–water partition coefficient (Wildman–Crippen LogP) is 3.23.